The highest BCUT2D eigenvalue weighted by Crippen LogP contribution is 2.23. The largest absolute Gasteiger partial charge is 0.329 e. The highest BCUT2D eigenvalue weighted by Gasteiger charge is 2.21. The fourth-order valence-electron chi connectivity index (χ4n) is 2.98. The van der Waals surface area contributed by atoms with E-state index in [-0.39, 0.29) is 18.4 Å². The number of carbonyl (C=O) groups excluding carboxylic acids is 1. The molecule has 0 bridgehead atoms. The second-order valence-electron chi connectivity index (χ2n) is 6.08. The molecule has 1 unspecified atom stereocenters. The Bertz CT molecular complexity index is 889. The molecule has 0 spiro atoms. The van der Waals surface area contributed by atoms with Gasteiger partial charge in [-0.1, -0.05) is 29.8 Å². The molecule has 2 aromatic carbocycles. The van der Waals surface area contributed by atoms with Crippen LogP contribution in [-0.2, 0) is 4.79 Å². The molecule has 0 radical (unpaired) electrons. The molecule has 1 atom stereocenters. The maximum atomic E-state index is 12.7. The zero-order valence-electron chi connectivity index (χ0n) is 13.9. The van der Waals surface area contributed by atoms with E-state index in [4.69, 9.17) is 5.73 Å². The molecule has 0 saturated carbocycles. The van der Waals surface area contributed by atoms with Crippen LogP contribution in [0.1, 0.15) is 22.6 Å². The van der Waals surface area contributed by atoms with Crippen molar-refractivity contribution < 1.29 is 4.79 Å². The number of hydrogen-bond donors (Lipinski definition) is 2. The molecule has 3 aromatic rings. The predicted octanol–water partition coefficient (Wildman–Crippen LogP) is 3.53. The molecule has 3 N–H and O–H groups in total. The standard InChI is InChI=1S/C20H21N3O/c1-13-3-6-18(14(2)9-13)19(11-21)20(24)23-17-5-4-16-12-22-8-7-15(16)10-17/h3-10,12,19H,11,21H2,1-2H3,(H,23,24). The predicted molar refractivity (Wildman–Crippen MR) is 98.1 cm³/mol. The SMILES string of the molecule is Cc1ccc(C(CN)C(=O)Nc2ccc3cnccc3c2)c(C)c1. The lowest BCUT2D eigenvalue weighted by atomic mass is 9.92. The van der Waals surface area contributed by atoms with Crippen molar-refractivity contribution in [1.29, 1.82) is 0 Å². The number of aromatic nitrogens is 1. The fraction of sp³-hybridized carbons (Fsp3) is 0.200. The van der Waals surface area contributed by atoms with Gasteiger partial charge in [-0.05, 0) is 48.6 Å². The van der Waals surface area contributed by atoms with Crippen molar-refractivity contribution >= 4 is 22.4 Å². The van der Waals surface area contributed by atoms with Crippen molar-refractivity contribution in [1.82, 2.24) is 4.98 Å². The van der Waals surface area contributed by atoms with Gasteiger partial charge in [-0.25, -0.2) is 0 Å². The summed E-state index contributed by atoms with van der Waals surface area (Å²) >= 11 is 0. The molecule has 1 heterocycles. The van der Waals surface area contributed by atoms with Gasteiger partial charge in [0.25, 0.3) is 0 Å². The van der Waals surface area contributed by atoms with Gasteiger partial charge in [-0.2, -0.15) is 0 Å². The van der Waals surface area contributed by atoms with E-state index in [1.54, 1.807) is 12.4 Å². The summed E-state index contributed by atoms with van der Waals surface area (Å²) < 4.78 is 0. The maximum absolute atomic E-state index is 12.7. The molecule has 0 aliphatic rings. The lowest BCUT2D eigenvalue weighted by Crippen LogP contribution is -2.28. The van der Waals surface area contributed by atoms with Crippen molar-refractivity contribution in [2.75, 3.05) is 11.9 Å². The van der Waals surface area contributed by atoms with E-state index >= 15 is 0 Å². The summed E-state index contributed by atoms with van der Waals surface area (Å²) in [5, 5.41) is 5.07. The van der Waals surface area contributed by atoms with E-state index in [9.17, 15) is 4.79 Å². The Morgan fingerprint density at radius 1 is 1.12 bits per heavy atom. The summed E-state index contributed by atoms with van der Waals surface area (Å²) in [5.41, 5.74) is 9.90. The van der Waals surface area contributed by atoms with Crippen molar-refractivity contribution in [3.8, 4) is 0 Å². The highest BCUT2D eigenvalue weighted by molar-refractivity contribution is 5.98. The third kappa shape index (κ3) is 3.29. The van der Waals surface area contributed by atoms with Gasteiger partial charge in [0, 0.05) is 30.0 Å². The van der Waals surface area contributed by atoms with Crippen LogP contribution in [0.4, 0.5) is 5.69 Å². The maximum Gasteiger partial charge on any atom is 0.233 e. The number of carbonyl (C=O) groups is 1. The van der Waals surface area contributed by atoms with Crippen LogP contribution in [0, 0.1) is 13.8 Å². The van der Waals surface area contributed by atoms with Crippen LogP contribution in [0.25, 0.3) is 10.8 Å². The number of nitrogens with two attached hydrogens (primary N) is 1. The average Bonchev–Trinajstić information content (AvgIpc) is 2.57. The Morgan fingerprint density at radius 3 is 2.71 bits per heavy atom. The van der Waals surface area contributed by atoms with E-state index < -0.39 is 0 Å². The second kappa shape index (κ2) is 6.81. The summed E-state index contributed by atoms with van der Waals surface area (Å²) in [4.78, 5) is 16.8. The van der Waals surface area contributed by atoms with Gasteiger partial charge in [0.15, 0.2) is 0 Å². The Kier molecular flexibility index (Phi) is 4.58. The monoisotopic (exact) mass is 319 g/mol. The molecule has 4 heteroatoms. The van der Waals surface area contributed by atoms with E-state index in [0.717, 1.165) is 27.6 Å². The van der Waals surface area contributed by atoms with Gasteiger partial charge >= 0.3 is 0 Å². The Labute approximate surface area is 141 Å². The first kappa shape index (κ1) is 16.1. The summed E-state index contributed by atoms with van der Waals surface area (Å²) in [6, 6.07) is 13.8. The quantitative estimate of drug-likeness (QED) is 0.773. The minimum Gasteiger partial charge on any atom is -0.329 e. The highest BCUT2D eigenvalue weighted by atomic mass is 16.1. The summed E-state index contributed by atoms with van der Waals surface area (Å²) in [6.07, 6.45) is 3.55. The summed E-state index contributed by atoms with van der Waals surface area (Å²) in [6.45, 7) is 4.33. The average molecular weight is 319 g/mol. The van der Waals surface area contributed by atoms with E-state index in [2.05, 4.69) is 16.4 Å². The van der Waals surface area contributed by atoms with Crippen LogP contribution in [-0.4, -0.2) is 17.4 Å². The second-order valence-corrected chi connectivity index (χ2v) is 6.08. The molecular formula is C20H21N3O. The minimum atomic E-state index is -0.362. The smallest absolute Gasteiger partial charge is 0.233 e. The fourth-order valence-corrected chi connectivity index (χ4v) is 2.98. The Balaban J connectivity index is 1.85. The normalized spacial score (nSPS) is 12.1. The van der Waals surface area contributed by atoms with Gasteiger partial charge in [-0.15, -0.1) is 0 Å². The molecule has 4 nitrogen and oxygen atoms in total. The van der Waals surface area contributed by atoms with E-state index in [0.29, 0.717) is 0 Å². The molecule has 0 saturated heterocycles. The van der Waals surface area contributed by atoms with Gasteiger partial charge < -0.3 is 11.1 Å². The van der Waals surface area contributed by atoms with Crippen LogP contribution in [0.2, 0.25) is 0 Å². The molecular weight excluding hydrogens is 298 g/mol. The van der Waals surface area contributed by atoms with Crippen molar-refractivity contribution in [2.24, 2.45) is 5.73 Å². The number of pyridine rings is 1. The van der Waals surface area contributed by atoms with Gasteiger partial charge in [0.2, 0.25) is 5.91 Å². The molecule has 3 rings (SSSR count). The number of nitrogens with one attached hydrogen (secondary N) is 1. The van der Waals surface area contributed by atoms with Crippen LogP contribution in [0.5, 0.6) is 0 Å². The molecule has 24 heavy (non-hydrogen) atoms. The van der Waals surface area contributed by atoms with Crippen LogP contribution in [0.15, 0.2) is 54.9 Å². The molecule has 122 valence electrons. The van der Waals surface area contributed by atoms with Gasteiger partial charge in [0.1, 0.15) is 0 Å². The molecule has 1 amide bonds. The lowest BCUT2D eigenvalue weighted by molar-refractivity contribution is -0.117. The van der Waals surface area contributed by atoms with E-state index in [1.165, 1.54) is 5.56 Å². The summed E-state index contributed by atoms with van der Waals surface area (Å²) in [5.74, 6) is -0.448. The number of aryl methyl sites for hydroxylation is 2. The number of hydrogen-bond acceptors (Lipinski definition) is 3. The van der Waals surface area contributed by atoms with Crippen molar-refractivity contribution in [3.05, 3.63) is 71.5 Å². The van der Waals surface area contributed by atoms with Crippen molar-refractivity contribution in [2.45, 2.75) is 19.8 Å². The molecule has 1 aromatic heterocycles. The first-order valence-corrected chi connectivity index (χ1v) is 8.00. The number of nitrogens with zero attached hydrogens (tertiary/aromatic N) is 1. The minimum absolute atomic E-state index is 0.0853. The van der Waals surface area contributed by atoms with Crippen molar-refractivity contribution in [3.63, 3.8) is 0 Å². The van der Waals surface area contributed by atoms with Crippen LogP contribution >= 0.6 is 0 Å². The lowest BCUT2D eigenvalue weighted by Gasteiger charge is -2.18. The van der Waals surface area contributed by atoms with Crippen LogP contribution in [0.3, 0.4) is 0 Å². The first-order valence-electron chi connectivity index (χ1n) is 8.00. The Hall–Kier alpha value is -2.72. The molecule has 0 aliphatic heterocycles. The van der Waals surface area contributed by atoms with Gasteiger partial charge in [-0.3, -0.25) is 9.78 Å². The first-order chi connectivity index (χ1) is 11.6. The van der Waals surface area contributed by atoms with Crippen LogP contribution < -0.4 is 11.1 Å². The number of benzene rings is 2. The Morgan fingerprint density at radius 2 is 1.96 bits per heavy atom. The van der Waals surface area contributed by atoms with Gasteiger partial charge in [0.05, 0.1) is 5.92 Å². The summed E-state index contributed by atoms with van der Waals surface area (Å²) in [7, 11) is 0. The molecule has 0 aliphatic carbocycles. The molecule has 0 fully saturated rings. The third-order valence-electron chi connectivity index (χ3n) is 4.26. The topological polar surface area (TPSA) is 68.0 Å². The number of fused-ring (bicyclic) bond motifs is 1. The van der Waals surface area contributed by atoms with E-state index in [1.807, 2.05) is 50.2 Å². The zero-order valence-corrected chi connectivity index (χ0v) is 13.9. The number of rotatable bonds is 4. The zero-order chi connectivity index (χ0) is 17.1. The number of amides is 1. The third-order valence-corrected chi connectivity index (χ3v) is 4.26. The number of anilines is 1.